The van der Waals surface area contributed by atoms with Crippen molar-refractivity contribution in [3.05, 3.63) is 0 Å². The average Bonchev–Trinajstić information content (AvgIpc) is 2.63. The first-order valence-electron chi connectivity index (χ1n) is 8.45. The van der Waals surface area contributed by atoms with E-state index in [0.29, 0.717) is 12.6 Å². The van der Waals surface area contributed by atoms with E-state index in [1.165, 1.54) is 38.4 Å². The van der Waals surface area contributed by atoms with Gasteiger partial charge in [-0.2, -0.15) is 0 Å². The van der Waals surface area contributed by atoms with Crippen molar-refractivity contribution in [2.24, 2.45) is 5.92 Å². The normalized spacial score (nSPS) is 27.5. The standard InChI is InChI=1S/C16H32N2O2S/c1-16(2,21(3,19)20)13-18-11-7-10-17-15(12-18)14-8-5-4-6-9-14/h14-15,17H,4-13H2,1-3H3. The molecule has 21 heavy (non-hydrogen) atoms. The maximum absolute atomic E-state index is 12.0. The Labute approximate surface area is 130 Å². The topological polar surface area (TPSA) is 49.4 Å². The summed E-state index contributed by atoms with van der Waals surface area (Å²) in [5.74, 6) is 0.778. The van der Waals surface area contributed by atoms with Crippen molar-refractivity contribution in [2.75, 3.05) is 32.4 Å². The van der Waals surface area contributed by atoms with E-state index in [9.17, 15) is 8.42 Å². The van der Waals surface area contributed by atoms with Gasteiger partial charge in [0.05, 0.1) is 4.75 Å². The molecule has 1 saturated carbocycles. The molecular formula is C16H32N2O2S. The second-order valence-corrected chi connectivity index (χ2v) is 10.2. The summed E-state index contributed by atoms with van der Waals surface area (Å²) in [5.41, 5.74) is 0. The highest BCUT2D eigenvalue weighted by molar-refractivity contribution is 7.92. The number of nitrogens with one attached hydrogen (secondary N) is 1. The Morgan fingerprint density at radius 3 is 2.43 bits per heavy atom. The van der Waals surface area contributed by atoms with E-state index in [2.05, 4.69) is 10.2 Å². The Hall–Kier alpha value is -0.130. The van der Waals surface area contributed by atoms with Crippen LogP contribution in [0.1, 0.15) is 52.4 Å². The van der Waals surface area contributed by atoms with E-state index >= 15 is 0 Å². The van der Waals surface area contributed by atoms with Gasteiger partial charge >= 0.3 is 0 Å². The molecule has 1 atom stereocenters. The van der Waals surface area contributed by atoms with Crippen LogP contribution in [0.15, 0.2) is 0 Å². The molecule has 0 spiro atoms. The minimum atomic E-state index is -3.02. The van der Waals surface area contributed by atoms with E-state index in [0.717, 1.165) is 32.0 Å². The highest BCUT2D eigenvalue weighted by Crippen LogP contribution is 2.28. The molecule has 0 amide bonds. The van der Waals surface area contributed by atoms with Crippen LogP contribution in [0.2, 0.25) is 0 Å². The van der Waals surface area contributed by atoms with Crippen molar-refractivity contribution in [3.8, 4) is 0 Å². The van der Waals surface area contributed by atoms with E-state index < -0.39 is 14.6 Å². The molecule has 1 unspecified atom stereocenters. The van der Waals surface area contributed by atoms with Gasteiger partial charge in [0.15, 0.2) is 9.84 Å². The quantitative estimate of drug-likeness (QED) is 0.862. The Morgan fingerprint density at radius 1 is 1.14 bits per heavy atom. The summed E-state index contributed by atoms with van der Waals surface area (Å²) in [6.45, 7) is 7.44. The predicted octanol–water partition coefficient (Wildman–Crippen LogP) is 2.05. The molecule has 0 aromatic carbocycles. The van der Waals surface area contributed by atoms with Crippen molar-refractivity contribution < 1.29 is 8.42 Å². The average molecular weight is 317 g/mol. The first-order chi connectivity index (χ1) is 9.79. The van der Waals surface area contributed by atoms with Crippen LogP contribution in [0.5, 0.6) is 0 Å². The van der Waals surface area contributed by atoms with Gasteiger partial charge in [-0.05, 0) is 52.1 Å². The zero-order valence-electron chi connectivity index (χ0n) is 13.9. The number of rotatable bonds is 4. The Kier molecular flexibility index (Phi) is 5.71. The van der Waals surface area contributed by atoms with Crippen LogP contribution in [-0.4, -0.2) is 56.5 Å². The minimum absolute atomic E-state index is 0.545. The molecular weight excluding hydrogens is 284 g/mol. The summed E-state index contributed by atoms with van der Waals surface area (Å²) in [6.07, 6.45) is 9.25. The van der Waals surface area contributed by atoms with Gasteiger partial charge < -0.3 is 10.2 Å². The molecule has 0 aromatic heterocycles. The molecule has 2 rings (SSSR count). The molecule has 1 heterocycles. The molecule has 1 aliphatic heterocycles. The lowest BCUT2D eigenvalue weighted by Crippen LogP contribution is -2.49. The van der Waals surface area contributed by atoms with Gasteiger partial charge in [-0.25, -0.2) is 8.42 Å². The molecule has 0 radical (unpaired) electrons. The maximum atomic E-state index is 12.0. The largest absolute Gasteiger partial charge is 0.312 e. The van der Waals surface area contributed by atoms with Gasteiger partial charge in [0.1, 0.15) is 0 Å². The molecule has 2 aliphatic rings. The molecule has 0 bridgehead atoms. The lowest BCUT2D eigenvalue weighted by atomic mass is 9.83. The summed E-state index contributed by atoms with van der Waals surface area (Å²) in [4.78, 5) is 2.38. The summed E-state index contributed by atoms with van der Waals surface area (Å²) < 4.78 is 23.2. The van der Waals surface area contributed by atoms with Crippen LogP contribution in [0, 0.1) is 5.92 Å². The van der Waals surface area contributed by atoms with Crippen LogP contribution in [0.3, 0.4) is 0 Å². The summed E-state index contributed by atoms with van der Waals surface area (Å²) >= 11 is 0. The maximum Gasteiger partial charge on any atom is 0.153 e. The van der Waals surface area contributed by atoms with Crippen molar-refractivity contribution in [1.29, 1.82) is 0 Å². The fourth-order valence-electron chi connectivity index (χ4n) is 3.68. The summed E-state index contributed by atoms with van der Waals surface area (Å²) in [5, 5.41) is 3.71. The second-order valence-electron chi connectivity index (χ2n) is 7.58. The summed E-state index contributed by atoms with van der Waals surface area (Å²) in [6, 6.07) is 0.545. The molecule has 5 heteroatoms. The highest BCUT2D eigenvalue weighted by atomic mass is 32.2. The van der Waals surface area contributed by atoms with E-state index in [1.807, 2.05) is 13.8 Å². The monoisotopic (exact) mass is 316 g/mol. The molecule has 1 aliphatic carbocycles. The van der Waals surface area contributed by atoms with Crippen LogP contribution in [0.4, 0.5) is 0 Å². The number of nitrogens with zero attached hydrogens (tertiary/aromatic N) is 1. The predicted molar refractivity (Wildman–Crippen MR) is 88.3 cm³/mol. The molecule has 1 N–H and O–H groups in total. The second kappa shape index (κ2) is 6.97. The van der Waals surface area contributed by atoms with E-state index in [1.54, 1.807) is 0 Å². The number of hydrogen-bond donors (Lipinski definition) is 1. The minimum Gasteiger partial charge on any atom is -0.312 e. The smallest absolute Gasteiger partial charge is 0.153 e. The third-order valence-corrected chi connectivity index (χ3v) is 7.48. The lowest BCUT2D eigenvalue weighted by molar-refractivity contribution is 0.196. The van der Waals surface area contributed by atoms with Crippen molar-refractivity contribution >= 4 is 9.84 Å². The Balaban J connectivity index is 1.99. The first-order valence-corrected chi connectivity index (χ1v) is 10.3. The van der Waals surface area contributed by atoms with Gasteiger partial charge in [0.25, 0.3) is 0 Å². The molecule has 2 fully saturated rings. The fraction of sp³-hybridized carbons (Fsp3) is 1.00. The zero-order chi connectivity index (χ0) is 15.5. The van der Waals surface area contributed by atoms with Crippen molar-refractivity contribution in [3.63, 3.8) is 0 Å². The van der Waals surface area contributed by atoms with Crippen LogP contribution >= 0.6 is 0 Å². The van der Waals surface area contributed by atoms with Crippen molar-refractivity contribution in [1.82, 2.24) is 10.2 Å². The van der Waals surface area contributed by atoms with Gasteiger partial charge in [0.2, 0.25) is 0 Å². The van der Waals surface area contributed by atoms with Gasteiger partial charge in [-0.15, -0.1) is 0 Å². The molecule has 1 saturated heterocycles. The first kappa shape index (κ1) is 17.2. The SMILES string of the molecule is CC(C)(CN1CCCNC(C2CCCCC2)C1)S(C)(=O)=O. The van der Waals surface area contributed by atoms with Crippen LogP contribution in [0.25, 0.3) is 0 Å². The Morgan fingerprint density at radius 2 is 1.81 bits per heavy atom. The Bertz CT molecular complexity index is 428. The third-order valence-electron chi connectivity index (χ3n) is 5.34. The van der Waals surface area contributed by atoms with E-state index in [-0.39, 0.29) is 0 Å². The van der Waals surface area contributed by atoms with Gasteiger partial charge in [-0.3, -0.25) is 0 Å². The van der Waals surface area contributed by atoms with Gasteiger partial charge in [-0.1, -0.05) is 19.3 Å². The highest BCUT2D eigenvalue weighted by Gasteiger charge is 2.34. The fourth-order valence-corrected chi connectivity index (χ4v) is 4.09. The van der Waals surface area contributed by atoms with Crippen LogP contribution < -0.4 is 5.32 Å². The summed E-state index contributed by atoms with van der Waals surface area (Å²) in [7, 11) is -3.02. The number of hydrogen-bond acceptors (Lipinski definition) is 4. The lowest BCUT2D eigenvalue weighted by Gasteiger charge is -2.35. The molecule has 0 aromatic rings. The zero-order valence-corrected chi connectivity index (χ0v) is 14.7. The number of sulfone groups is 1. The molecule has 4 nitrogen and oxygen atoms in total. The molecule has 124 valence electrons. The van der Waals surface area contributed by atoms with E-state index in [4.69, 9.17) is 0 Å². The van der Waals surface area contributed by atoms with Gasteiger partial charge in [0, 0.05) is 25.4 Å². The van der Waals surface area contributed by atoms with Crippen LogP contribution in [-0.2, 0) is 9.84 Å². The van der Waals surface area contributed by atoms with Crippen molar-refractivity contribution in [2.45, 2.75) is 63.2 Å². The third kappa shape index (κ3) is 4.67.